The largest absolute Gasteiger partial charge is 0.444 e. The van der Waals surface area contributed by atoms with Crippen LogP contribution in [0.2, 0.25) is 0 Å². The third-order valence-electron chi connectivity index (χ3n) is 6.53. The molecular weight excluding hydrogens is 471 g/mol. The number of benzene rings is 2. The number of aryl methyl sites for hydroxylation is 2. The molecule has 37 heavy (non-hydrogen) atoms. The van der Waals surface area contributed by atoms with E-state index in [9.17, 15) is 14.0 Å². The second-order valence-corrected chi connectivity index (χ2v) is 10.7. The van der Waals surface area contributed by atoms with Crippen molar-refractivity contribution in [3.8, 4) is 5.69 Å². The molecule has 196 valence electrons. The van der Waals surface area contributed by atoms with Crippen LogP contribution in [0.25, 0.3) is 5.69 Å². The molecule has 1 N–H and O–H groups in total. The number of amides is 2. The highest BCUT2D eigenvalue weighted by Gasteiger charge is 2.32. The Morgan fingerprint density at radius 3 is 2.38 bits per heavy atom. The first-order valence-corrected chi connectivity index (χ1v) is 12.7. The number of ether oxygens (including phenoxy) is 1. The summed E-state index contributed by atoms with van der Waals surface area (Å²) in [5.41, 5.74) is 4.75. The standard InChI is InChI=1S/C29H35FN4O3/c1-19-6-11-25(20(2)16-19)34-26(22-12-14-33(15-13-22)28(36)37-29(3,4)5)24(18-32-34)27(35)31-17-21-7-9-23(30)10-8-21/h6-11,16,18,22H,12-15,17H2,1-5H3,(H,31,35). The van der Waals surface area contributed by atoms with E-state index in [0.29, 0.717) is 31.5 Å². The van der Waals surface area contributed by atoms with Crippen LogP contribution in [0.15, 0.2) is 48.7 Å². The Labute approximate surface area is 217 Å². The van der Waals surface area contributed by atoms with Gasteiger partial charge in [0.2, 0.25) is 0 Å². The fourth-order valence-corrected chi connectivity index (χ4v) is 4.70. The molecule has 0 unspecified atom stereocenters. The molecule has 1 saturated heterocycles. The molecule has 1 aliphatic heterocycles. The van der Waals surface area contributed by atoms with E-state index in [1.807, 2.05) is 51.4 Å². The van der Waals surface area contributed by atoms with Gasteiger partial charge in [0.25, 0.3) is 5.91 Å². The number of likely N-dealkylation sites (tertiary alicyclic amines) is 1. The van der Waals surface area contributed by atoms with Crippen molar-refractivity contribution in [1.29, 1.82) is 0 Å². The number of rotatable bonds is 5. The van der Waals surface area contributed by atoms with E-state index in [1.165, 1.54) is 12.1 Å². The Bertz CT molecular complexity index is 1270. The van der Waals surface area contributed by atoms with Crippen LogP contribution in [0.1, 0.15) is 72.3 Å². The molecule has 0 spiro atoms. The number of aromatic nitrogens is 2. The molecule has 3 aromatic rings. The van der Waals surface area contributed by atoms with Crippen LogP contribution in [-0.4, -0.2) is 45.4 Å². The summed E-state index contributed by atoms with van der Waals surface area (Å²) in [6.45, 7) is 11.0. The Morgan fingerprint density at radius 2 is 1.76 bits per heavy atom. The smallest absolute Gasteiger partial charge is 0.410 e. The lowest BCUT2D eigenvalue weighted by Crippen LogP contribution is -2.41. The SMILES string of the molecule is Cc1ccc(-n2ncc(C(=O)NCc3ccc(F)cc3)c2C2CCN(C(=O)OC(C)(C)C)CC2)c(C)c1. The molecule has 2 amide bonds. The Hall–Kier alpha value is -3.68. The molecule has 2 heterocycles. The van der Waals surface area contributed by atoms with E-state index in [4.69, 9.17) is 4.74 Å². The summed E-state index contributed by atoms with van der Waals surface area (Å²) in [5.74, 6) is -0.511. The van der Waals surface area contributed by atoms with E-state index in [2.05, 4.69) is 16.5 Å². The Balaban J connectivity index is 1.59. The summed E-state index contributed by atoms with van der Waals surface area (Å²) in [7, 11) is 0. The second-order valence-electron chi connectivity index (χ2n) is 10.7. The van der Waals surface area contributed by atoms with Crippen LogP contribution in [-0.2, 0) is 11.3 Å². The summed E-state index contributed by atoms with van der Waals surface area (Å²) < 4.78 is 20.7. The summed E-state index contributed by atoms with van der Waals surface area (Å²) in [5, 5.41) is 7.60. The Morgan fingerprint density at radius 1 is 1.08 bits per heavy atom. The summed E-state index contributed by atoms with van der Waals surface area (Å²) in [6.07, 6.45) is 2.68. The molecule has 0 bridgehead atoms. The van der Waals surface area contributed by atoms with E-state index in [1.54, 1.807) is 23.2 Å². The van der Waals surface area contributed by atoms with E-state index < -0.39 is 5.60 Å². The fourth-order valence-electron chi connectivity index (χ4n) is 4.70. The highest BCUT2D eigenvalue weighted by Crippen LogP contribution is 2.33. The monoisotopic (exact) mass is 506 g/mol. The van der Waals surface area contributed by atoms with E-state index in [-0.39, 0.29) is 30.3 Å². The van der Waals surface area contributed by atoms with Crippen LogP contribution in [0.4, 0.5) is 9.18 Å². The number of carbonyl (C=O) groups excluding carboxylic acids is 2. The molecule has 0 saturated carbocycles. The number of halogens is 1. The zero-order chi connectivity index (χ0) is 26.7. The maximum atomic E-state index is 13.3. The van der Waals surface area contributed by atoms with Gasteiger partial charge in [0.15, 0.2) is 0 Å². The zero-order valence-corrected chi connectivity index (χ0v) is 22.2. The second kappa shape index (κ2) is 10.7. The highest BCUT2D eigenvalue weighted by molar-refractivity contribution is 5.95. The zero-order valence-electron chi connectivity index (χ0n) is 22.2. The van der Waals surface area contributed by atoms with Gasteiger partial charge in [-0.1, -0.05) is 29.8 Å². The molecule has 1 fully saturated rings. The van der Waals surface area contributed by atoms with Crippen molar-refractivity contribution in [1.82, 2.24) is 20.0 Å². The predicted molar refractivity (Wildman–Crippen MR) is 140 cm³/mol. The molecule has 0 atom stereocenters. The van der Waals surface area contributed by atoms with Crippen molar-refractivity contribution in [2.75, 3.05) is 13.1 Å². The average molecular weight is 507 g/mol. The van der Waals surface area contributed by atoms with Gasteiger partial charge in [0.05, 0.1) is 23.1 Å². The summed E-state index contributed by atoms with van der Waals surface area (Å²) >= 11 is 0. The van der Waals surface area contributed by atoms with Gasteiger partial charge >= 0.3 is 6.09 Å². The maximum absolute atomic E-state index is 13.3. The van der Waals surface area contributed by atoms with Gasteiger partial charge in [-0.15, -0.1) is 0 Å². The summed E-state index contributed by atoms with van der Waals surface area (Å²) in [6, 6.07) is 12.2. The lowest BCUT2D eigenvalue weighted by Gasteiger charge is -2.34. The quantitative estimate of drug-likeness (QED) is 0.484. The molecule has 0 aliphatic carbocycles. The Kier molecular flexibility index (Phi) is 7.66. The first-order chi connectivity index (χ1) is 17.5. The third-order valence-corrected chi connectivity index (χ3v) is 6.53. The number of piperidine rings is 1. The van der Waals surface area contributed by atoms with Crippen LogP contribution in [0, 0.1) is 19.7 Å². The van der Waals surface area contributed by atoms with Crippen molar-refractivity contribution in [3.63, 3.8) is 0 Å². The molecular formula is C29H35FN4O3. The van der Waals surface area contributed by atoms with Crippen LogP contribution in [0.3, 0.4) is 0 Å². The van der Waals surface area contributed by atoms with Crippen LogP contribution in [0.5, 0.6) is 0 Å². The molecule has 1 aliphatic rings. The number of hydrogen-bond donors (Lipinski definition) is 1. The minimum absolute atomic E-state index is 0.0356. The molecule has 7 nitrogen and oxygen atoms in total. The van der Waals surface area contributed by atoms with Gasteiger partial charge in [-0.3, -0.25) is 4.79 Å². The van der Waals surface area contributed by atoms with Crippen LogP contribution < -0.4 is 5.32 Å². The number of nitrogens with zero attached hydrogens (tertiary/aromatic N) is 3. The first kappa shape index (κ1) is 26.4. The van der Waals surface area contributed by atoms with Gasteiger partial charge in [0, 0.05) is 25.6 Å². The highest BCUT2D eigenvalue weighted by atomic mass is 19.1. The van der Waals surface area contributed by atoms with Crippen LogP contribution >= 0.6 is 0 Å². The van der Waals surface area contributed by atoms with Crippen molar-refractivity contribution >= 4 is 12.0 Å². The molecule has 8 heteroatoms. The lowest BCUT2D eigenvalue weighted by molar-refractivity contribution is 0.0203. The summed E-state index contributed by atoms with van der Waals surface area (Å²) in [4.78, 5) is 27.7. The number of carbonyl (C=O) groups is 2. The van der Waals surface area contributed by atoms with Gasteiger partial charge in [-0.2, -0.15) is 5.10 Å². The predicted octanol–water partition coefficient (Wildman–Crippen LogP) is 5.67. The van der Waals surface area contributed by atoms with Gasteiger partial charge < -0.3 is 15.0 Å². The first-order valence-electron chi connectivity index (χ1n) is 12.7. The van der Waals surface area contributed by atoms with Gasteiger partial charge in [0.1, 0.15) is 11.4 Å². The third kappa shape index (κ3) is 6.37. The van der Waals surface area contributed by atoms with E-state index >= 15 is 0 Å². The van der Waals surface area contributed by atoms with Crippen molar-refractivity contribution in [2.24, 2.45) is 0 Å². The van der Waals surface area contributed by atoms with Crippen molar-refractivity contribution in [3.05, 3.63) is 82.4 Å². The van der Waals surface area contributed by atoms with Gasteiger partial charge in [-0.05, 0) is 76.8 Å². The van der Waals surface area contributed by atoms with Crippen molar-refractivity contribution < 1.29 is 18.7 Å². The number of nitrogens with one attached hydrogen (secondary N) is 1. The minimum atomic E-state index is -0.550. The lowest BCUT2D eigenvalue weighted by atomic mass is 9.90. The van der Waals surface area contributed by atoms with Gasteiger partial charge in [-0.25, -0.2) is 13.9 Å². The van der Waals surface area contributed by atoms with E-state index in [0.717, 1.165) is 28.1 Å². The molecule has 1 aromatic heterocycles. The molecule has 2 aromatic carbocycles. The average Bonchev–Trinajstić information content (AvgIpc) is 3.27. The van der Waals surface area contributed by atoms with Crippen molar-refractivity contribution in [2.45, 2.75) is 65.5 Å². The molecule has 4 rings (SSSR count). The molecule has 0 radical (unpaired) electrons. The number of hydrogen-bond acceptors (Lipinski definition) is 4. The fraction of sp³-hybridized carbons (Fsp3) is 0.414. The topological polar surface area (TPSA) is 76.5 Å². The minimum Gasteiger partial charge on any atom is -0.444 e. The normalized spacial score (nSPS) is 14.5. The maximum Gasteiger partial charge on any atom is 0.410 e.